The third-order valence-electron chi connectivity index (χ3n) is 1.92. The molecule has 0 radical (unpaired) electrons. The molecule has 0 aliphatic heterocycles. The van der Waals surface area contributed by atoms with E-state index < -0.39 is 10.9 Å². The van der Waals surface area contributed by atoms with Crippen LogP contribution in [0.1, 0.15) is 12.6 Å². The predicted octanol–water partition coefficient (Wildman–Crippen LogP) is 1.51. The molecular weight excluding hydrogens is 212 g/mol. The maximum atomic E-state index is 11.0. The zero-order chi connectivity index (χ0) is 12.1. The summed E-state index contributed by atoms with van der Waals surface area (Å²) in [5.74, 6) is -0.466. The summed E-state index contributed by atoms with van der Waals surface area (Å²) in [4.78, 5) is 21.0. The minimum absolute atomic E-state index is 0.00833. The lowest BCUT2D eigenvalue weighted by atomic mass is 10.3. The van der Waals surface area contributed by atoms with Crippen LogP contribution in [-0.4, -0.2) is 22.1 Å². The van der Waals surface area contributed by atoms with Gasteiger partial charge in [-0.3, -0.25) is 10.1 Å². The largest absolute Gasteiger partial charge is 0.463 e. The van der Waals surface area contributed by atoms with Gasteiger partial charge in [0.2, 0.25) is 0 Å². The van der Waals surface area contributed by atoms with Crippen LogP contribution in [0.4, 0.5) is 5.69 Å². The highest BCUT2D eigenvalue weighted by molar-refractivity contribution is 5.86. The van der Waals surface area contributed by atoms with Crippen LogP contribution in [0.5, 0.6) is 0 Å². The van der Waals surface area contributed by atoms with Gasteiger partial charge < -0.3 is 9.30 Å². The van der Waals surface area contributed by atoms with Crippen LogP contribution in [-0.2, 0) is 16.6 Å². The fourth-order valence-electron chi connectivity index (χ4n) is 1.17. The van der Waals surface area contributed by atoms with Crippen LogP contribution < -0.4 is 0 Å². The van der Waals surface area contributed by atoms with Crippen LogP contribution in [0.15, 0.2) is 18.3 Å². The van der Waals surface area contributed by atoms with Crippen molar-refractivity contribution in [2.24, 2.45) is 7.05 Å². The van der Waals surface area contributed by atoms with Crippen molar-refractivity contribution in [3.05, 3.63) is 34.1 Å². The molecule has 0 atom stereocenters. The van der Waals surface area contributed by atoms with Crippen molar-refractivity contribution in [1.82, 2.24) is 4.57 Å². The standard InChI is InChI=1S/C10H12N2O4/c1-3-16-10(13)5-4-8-6-9(12(14)15)7-11(8)2/h4-7H,3H2,1-2H3/b5-4+. The second kappa shape index (κ2) is 5.11. The van der Waals surface area contributed by atoms with E-state index in [-0.39, 0.29) is 5.69 Å². The van der Waals surface area contributed by atoms with Gasteiger partial charge >= 0.3 is 5.97 Å². The molecule has 6 nitrogen and oxygen atoms in total. The van der Waals surface area contributed by atoms with Crippen molar-refractivity contribution in [3.63, 3.8) is 0 Å². The Hall–Kier alpha value is -2.11. The van der Waals surface area contributed by atoms with Gasteiger partial charge in [-0.15, -0.1) is 0 Å². The molecule has 0 spiro atoms. The number of hydrogen-bond donors (Lipinski definition) is 0. The first-order valence-corrected chi connectivity index (χ1v) is 4.70. The summed E-state index contributed by atoms with van der Waals surface area (Å²) in [6.45, 7) is 2.01. The molecule has 1 heterocycles. The van der Waals surface area contributed by atoms with Gasteiger partial charge in [-0.1, -0.05) is 0 Å². The zero-order valence-electron chi connectivity index (χ0n) is 9.04. The van der Waals surface area contributed by atoms with E-state index in [9.17, 15) is 14.9 Å². The summed E-state index contributed by atoms with van der Waals surface area (Å²) in [6, 6.07) is 1.38. The fourth-order valence-corrected chi connectivity index (χ4v) is 1.17. The lowest BCUT2D eigenvalue weighted by Crippen LogP contribution is -1.99. The van der Waals surface area contributed by atoms with E-state index in [1.807, 2.05) is 0 Å². The molecule has 0 aliphatic rings. The summed E-state index contributed by atoms with van der Waals surface area (Å²) >= 11 is 0. The van der Waals surface area contributed by atoms with Gasteiger partial charge in [-0.05, 0) is 13.0 Å². The van der Waals surface area contributed by atoms with E-state index in [1.165, 1.54) is 24.4 Å². The average Bonchev–Trinajstić information content (AvgIpc) is 2.58. The normalized spacial score (nSPS) is 10.6. The Labute approximate surface area is 92.3 Å². The molecule has 0 N–H and O–H groups in total. The van der Waals surface area contributed by atoms with E-state index in [4.69, 9.17) is 0 Å². The molecule has 0 bridgehead atoms. The number of esters is 1. The molecule has 0 aromatic carbocycles. The highest BCUT2D eigenvalue weighted by Gasteiger charge is 2.09. The lowest BCUT2D eigenvalue weighted by molar-refractivity contribution is -0.384. The Bertz CT molecular complexity index is 434. The van der Waals surface area contributed by atoms with Crippen molar-refractivity contribution in [1.29, 1.82) is 0 Å². The summed E-state index contributed by atoms with van der Waals surface area (Å²) < 4.78 is 6.25. The number of nitrogens with zero attached hydrogens (tertiary/aromatic N) is 2. The number of rotatable bonds is 4. The van der Waals surface area contributed by atoms with E-state index in [2.05, 4.69) is 4.74 Å². The Morgan fingerprint density at radius 2 is 2.38 bits per heavy atom. The Balaban J connectivity index is 2.81. The van der Waals surface area contributed by atoms with Crippen LogP contribution in [0.2, 0.25) is 0 Å². The number of carbonyl (C=O) groups is 1. The van der Waals surface area contributed by atoms with Gasteiger partial charge in [0, 0.05) is 24.9 Å². The number of nitro groups is 1. The van der Waals surface area contributed by atoms with Crippen molar-refractivity contribution in [3.8, 4) is 0 Å². The third kappa shape index (κ3) is 2.94. The van der Waals surface area contributed by atoms with Crippen molar-refractivity contribution >= 4 is 17.7 Å². The smallest absolute Gasteiger partial charge is 0.330 e. The highest BCUT2D eigenvalue weighted by atomic mass is 16.6. The van der Waals surface area contributed by atoms with Crippen LogP contribution >= 0.6 is 0 Å². The monoisotopic (exact) mass is 224 g/mol. The van der Waals surface area contributed by atoms with Crippen LogP contribution in [0.3, 0.4) is 0 Å². The molecule has 6 heteroatoms. The Morgan fingerprint density at radius 3 is 2.88 bits per heavy atom. The number of ether oxygens (including phenoxy) is 1. The van der Waals surface area contributed by atoms with E-state index in [0.717, 1.165) is 0 Å². The molecule has 1 rings (SSSR count). The van der Waals surface area contributed by atoms with E-state index >= 15 is 0 Å². The molecule has 0 fully saturated rings. The zero-order valence-corrected chi connectivity index (χ0v) is 9.04. The number of carbonyl (C=O) groups excluding carboxylic acids is 1. The molecule has 1 aromatic rings. The number of hydrogen-bond acceptors (Lipinski definition) is 4. The molecule has 0 aliphatic carbocycles. The Kier molecular flexibility index (Phi) is 3.82. The van der Waals surface area contributed by atoms with Crippen molar-refractivity contribution in [2.45, 2.75) is 6.92 Å². The quantitative estimate of drug-likeness (QED) is 0.336. The lowest BCUT2D eigenvalue weighted by Gasteiger charge is -1.95. The van der Waals surface area contributed by atoms with Crippen molar-refractivity contribution in [2.75, 3.05) is 6.61 Å². The number of aromatic nitrogens is 1. The van der Waals surface area contributed by atoms with E-state index in [1.54, 1.807) is 18.5 Å². The summed E-state index contributed by atoms with van der Waals surface area (Å²) in [5, 5.41) is 10.5. The minimum atomic E-state index is -0.484. The molecule has 16 heavy (non-hydrogen) atoms. The molecule has 0 amide bonds. The van der Waals surface area contributed by atoms with Crippen LogP contribution in [0.25, 0.3) is 6.08 Å². The van der Waals surface area contributed by atoms with Gasteiger partial charge in [0.25, 0.3) is 5.69 Å². The fraction of sp³-hybridized carbons (Fsp3) is 0.300. The first-order chi connectivity index (χ1) is 7.54. The molecule has 1 aromatic heterocycles. The van der Waals surface area contributed by atoms with Gasteiger partial charge in [-0.25, -0.2) is 4.79 Å². The first-order valence-electron chi connectivity index (χ1n) is 4.70. The predicted molar refractivity (Wildman–Crippen MR) is 57.7 cm³/mol. The topological polar surface area (TPSA) is 74.4 Å². The summed E-state index contributed by atoms with van der Waals surface area (Å²) in [5.41, 5.74) is 0.561. The first kappa shape index (κ1) is 12.0. The summed E-state index contributed by atoms with van der Waals surface area (Å²) in [7, 11) is 1.66. The van der Waals surface area contributed by atoms with Gasteiger partial charge in [0.05, 0.1) is 17.7 Å². The maximum absolute atomic E-state index is 11.0. The molecule has 86 valence electrons. The van der Waals surface area contributed by atoms with E-state index in [0.29, 0.717) is 12.3 Å². The third-order valence-corrected chi connectivity index (χ3v) is 1.92. The molecule has 0 saturated heterocycles. The van der Waals surface area contributed by atoms with Gasteiger partial charge in [0.1, 0.15) is 0 Å². The molecule has 0 unspecified atom stereocenters. The minimum Gasteiger partial charge on any atom is -0.463 e. The summed E-state index contributed by atoms with van der Waals surface area (Å²) in [6.07, 6.45) is 4.10. The number of aryl methyl sites for hydroxylation is 1. The van der Waals surface area contributed by atoms with Gasteiger partial charge in [0.15, 0.2) is 0 Å². The average molecular weight is 224 g/mol. The highest BCUT2D eigenvalue weighted by Crippen LogP contribution is 2.16. The van der Waals surface area contributed by atoms with Crippen LogP contribution in [0, 0.1) is 10.1 Å². The Morgan fingerprint density at radius 1 is 1.69 bits per heavy atom. The maximum Gasteiger partial charge on any atom is 0.330 e. The second-order valence-electron chi connectivity index (χ2n) is 3.08. The van der Waals surface area contributed by atoms with Gasteiger partial charge in [-0.2, -0.15) is 0 Å². The molecule has 0 saturated carbocycles. The SMILES string of the molecule is CCOC(=O)/C=C/c1cc([N+](=O)[O-])cn1C. The molecular formula is C10H12N2O4. The van der Waals surface area contributed by atoms with Crippen molar-refractivity contribution < 1.29 is 14.5 Å². The second-order valence-corrected chi connectivity index (χ2v) is 3.08.